The first-order valence-electron chi connectivity index (χ1n) is 4.45. The van der Waals surface area contributed by atoms with Crippen molar-refractivity contribution in [3.05, 3.63) is 29.0 Å². The van der Waals surface area contributed by atoms with E-state index in [1.54, 1.807) is 0 Å². The van der Waals surface area contributed by atoms with Gasteiger partial charge in [0.2, 0.25) is 0 Å². The van der Waals surface area contributed by atoms with E-state index in [-0.39, 0.29) is 16.9 Å². The highest BCUT2D eigenvalue weighted by atomic mass is 35.5. The molecule has 2 nitrogen and oxygen atoms in total. The predicted octanol–water partition coefficient (Wildman–Crippen LogP) is 2.60. The summed E-state index contributed by atoms with van der Waals surface area (Å²) in [5.74, 6) is 0.128. The summed E-state index contributed by atoms with van der Waals surface area (Å²) in [5, 5.41) is 0.286. The lowest BCUT2D eigenvalue weighted by Crippen LogP contribution is -2.16. The van der Waals surface area contributed by atoms with E-state index >= 15 is 0 Å². The first-order valence-corrected chi connectivity index (χ1v) is 4.83. The average Bonchev–Trinajstić information content (AvgIpc) is 2.10. The largest absolute Gasteiger partial charge is 0.489 e. The molecule has 0 bridgehead atoms. The van der Waals surface area contributed by atoms with Crippen LogP contribution in [0, 0.1) is 5.82 Å². The Morgan fingerprint density at radius 2 is 2.29 bits per heavy atom. The molecule has 14 heavy (non-hydrogen) atoms. The smallest absolute Gasteiger partial charge is 0.138 e. The third kappa shape index (κ3) is 3.16. The van der Waals surface area contributed by atoms with Crippen molar-refractivity contribution < 1.29 is 9.13 Å². The first kappa shape index (κ1) is 11.3. The van der Waals surface area contributed by atoms with E-state index < -0.39 is 0 Å². The quantitative estimate of drug-likeness (QED) is 0.842. The Morgan fingerprint density at radius 1 is 1.57 bits per heavy atom. The van der Waals surface area contributed by atoms with Crippen LogP contribution >= 0.6 is 11.6 Å². The van der Waals surface area contributed by atoms with E-state index in [1.807, 2.05) is 6.92 Å². The van der Waals surface area contributed by atoms with Crippen molar-refractivity contribution in [1.29, 1.82) is 0 Å². The van der Waals surface area contributed by atoms with Crippen LogP contribution in [-0.2, 0) is 0 Å². The second kappa shape index (κ2) is 5.17. The highest BCUT2D eigenvalue weighted by Gasteiger charge is 2.07. The summed E-state index contributed by atoms with van der Waals surface area (Å²) < 4.78 is 18.1. The van der Waals surface area contributed by atoms with Crippen LogP contribution in [0.3, 0.4) is 0 Å². The second-order valence-corrected chi connectivity index (χ2v) is 3.49. The van der Waals surface area contributed by atoms with Gasteiger partial charge >= 0.3 is 0 Å². The molecule has 0 aliphatic carbocycles. The molecule has 1 rings (SSSR count). The van der Waals surface area contributed by atoms with Crippen LogP contribution in [0.15, 0.2) is 18.2 Å². The van der Waals surface area contributed by atoms with Crippen LogP contribution in [-0.4, -0.2) is 12.6 Å². The van der Waals surface area contributed by atoms with E-state index in [0.29, 0.717) is 12.3 Å². The van der Waals surface area contributed by atoms with Crippen LogP contribution in [0.2, 0.25) is 5.02 Å². The topological polar surface area (TPSA) is 35.2 Å². The highest BCUT2D eigenvalue weighted by Crippen LogP contribution is 2.26. The maximum absolute atomic E-state index is 12.7. The summed E-state index contributed by atoms with van der Waals surface area (Å²) in [7, 11) is 0. The van der Waals surface area contributed by atoms with E-state index in [4.69, 9.17) is 22.1 Å². The third-order valence-corrected chi connectivity index (χ3v) is 2.09. The predicted molar refractivity (Wildman–Crippen MR) is 55.2 cm³/mol. The van der Waals surface area contributed by atoms with Crippen molar-refractivity contribution in [3.8, 4) is 5.75 Å². The molecule has 0 aliphatic rings. The highest BCUT2D eigenvalue weighted by molar-refractivity contribution is 6.32. The van der Waals surface area contributed by atoms with Crippen molar-refractivity contribution in [3.63, 3.8) is 0 Å². The number of hydrogen-bond donors (Lipinski definition) is 1. The summed E-state index contributed by atoms with van der Waals surface area (Å²) in [6.07, 6.45) is 0.733. The van der Waals surface area contributed by atoms with Gasteiger partial charge in [-0.25, -0.2) is 4.39 Å². The molecule has 0 aliphatic heterocycles. The fourth-order valence-corrected chi connectivity index (χ4v) is 1.29. The van der Waals surface area contributed by atoms with Gasteiger partial charge in [0.05, 0.1) is 11.1 Å². The van der Waals surface area contributed by atoms with Gasteiger partial charge in [-0.2, -0.15) is 0 Å². The lowest BCUT2D eigenvalue weighted by Gasteiger charge is -2.14. The summed E-state index contributed by atoms with van der Waals surface area (Å²) >= 11 is 5.78. The van der Waals surface area contributed by atoms with Gasteiger partial charge in [0.1, 0.15) is 11.6 Å². The van der Waals surface area contributed by atoms with Gasteiger partial charge in [-0.15, -0.1) is 0 Å². The number of rotatable bonds is 4. The molecule has 4 heteroatoms. The number of halogens is 2. The number of ether oxygens (including phenoxy) is 1. The van der Waals surface area contributed by atoms with Crippen LogP contribution in [0.4, 0.5) is 4.39 Å². The van der Waals surface area contributed by atoms with Gasteiger partial charge in [0, 0.05) is 0 Å². The summed E-state index contributed by atoms with van der Waals surface area (Å²) in [4.78, 5) is 0. The van der Waals surface area contributed by atoms with Crippen LogP contribution in [0.1, 0.15) is 13.3 Å². The van der Waals surface area contributed by atoms with Crippen LogP contribution in [0.5, 0.6) is 5.75 Å². The van der Waals surface area contributed by atoms with Gasteiger partial charge in [0.25, 0.3) is 0 Å². The standard InChI is InChI=1S/C10H13ClFNO/c1-7(4-5-13)14-10-3-2-8(12)6-9(10)11/h2-3,6-7H,4-5,13H2,1H3. The zero-order chi connectivity index (χ0) is 10.6. The molecule has 2 N–H and O–H groups in total. The Labute approximate surface area is 87.8 Å². The van der Waals surface area contributed by atoms with Gasteiger partial charge in [-0.1, -0.05) is 11.6 Å². The SMILES string of the molecule is CC(CCN)Oc1ccc(F)cc1Cl. The summed E-state index contributed by atoms with van der Waals surface area (Å²) in [6, 6.07) is 4.06. The van der Waals surface area contributed by atoms with Crippen molar-refractivity contribution >= 4 is 11.6 Å². The molecule has 1 unspecified atom stereocenters. The fraction of sp³-hybridized carbons (Fsp3) is 0.400. The van der Waals surface area contributed by atoms with E-state index in [2.05, 4.69) is 0 Å². The Morgan fingerprint density at radius 3 is 2.86 bits per heavy atom. The molecule has 1 aromatic carbocycles. The normalized spacial score (nSPS) is 12.6. The molecule has 78 valence electrons. The van der Waals surface area contributed by atoms with Crippen molar-refractivity contribution in [1.82, 2.24) is 0 Å². The fourth-order valence-electron chi connectivity index (χ4n) is 1.08. The number of benzene rings is 1. The summed E-state index contributed by atoms with van der Waals surface area (Å²) in [5.41, 5.74) is 5.37. The molecule has 0 fully saturated rings. The second-order valence-electron chi connectivity index (χ2n) is 3.08. The minimum absolute atomic E-state index is 0.0111. The Bertz CT molecular complexity index is 306. The molecule has 0 radical (unpaired) electrons. The van der Waals surface area contributed by atoms with Gasteiger partial charge in [-0.05, 0) is 38.1 Å². The Kier molecular flexibility index (Phi) is 4.17. The van der Waals surface area contributed by atoms with Gasteiger partial charge in [0.15, 0.2) is 0 Å². The first-order chi connectivity index (χ1) is 6.63. The molecule has 0 spiro atoms. The minimum Gasteiger partial charge on any atom is -0.489 e. The maximum atomic E-state index is 12.7. The average molecular weight is 218 g/mol. The van der Waals surface area contributed by atoms with Crippen molar-refractivity contribution in [2.75, 3.05) is 6.54 Å². The third-order valence-electron chi connectivity index (χ3n) is 1.80. The molecule has 0 heterocycles. The van der Waals surface area contributed by atoms with Crippen molar-refractivity contribution in [2.45, 2.75) is 19.4 Å². The zero-order valence-corrected chi connectivity index (χ0v) is 8.72. The molecule has 1 aromatic rings. The monoisotopic (exact) mass is 217 g/mol. The maximum Gasteiger partial charge on any atom is 0.138 e. The van der Waals surface area contributed by atoms with Crippen molar-refractivity contribution in [2.24, 2.45) is 5.73 Å². The Balaban J connectivity index is 2.67. The lowest BCUT2D eigenvalue weighted by atomic mass is 10.3. The molecule has 1 atom stereocenters. The molecule has 0 saturated heterocycles. The summed E-state index contributed by atoms with van der Waals surface area (Å²) in [6.45, 7) is 2.45. The van der Waals surface area contributed by atoms with Gasteiger partial charge < -0.3 is 10.5 Å². The van der Waals surface area contributed by atoms with Gasteiger partial charge in [-0.3, -0.25) is 0 Å². The molecular formula is C10H13ClFNO. The van der Waals surface area contributed by atoms with Crippen LogP contribution in [0.25, 0.3) is 0 Å². The lowest BCUT2D eigenvalue weighted by molar-refractivity contribution is 0.214. The van der Waals surface area contributed by atoms with Crippen LogP contribution < -0.4 is 10.5 Å². The van der Waals surface area contributed by atoms with E-state index in [1.165, 1.54) is 18.2 Å². The number of hydrogen-bond acceptors (Lipinski definition) is 2. The molecule has 0 saturated carbocycles. The van der Waals surface area contributed by atoms with E-state index in [0.717, 1.165) is 6.42 Å². The Hall–Kier alpha value is -0.800. The molecule has 0 amide bonds. The molecule has 0 aromatic heterocycles. The molecular weight excluding hydrogens is 205 g/mol. The van der Waals surface area contributed by atoms with E-state index in [9.17, 15) is 4.39 Å². The number of nitrogens with two attached hydrogens (primary N) is 1. The zero-order valence-electron chi connectivity index (χ0n) is 7.97. The minimum atomic E-state index is -0.367.